The van der Waals surface area contributed by atoms with Crippen molar-refractivity contribution in [2.24, 2.45) is 7.05 Å². The molecule has 0 radical (unpaired) electrons. The summed E-state index contributed by atoms with van der Waals surface area (Å²) in [6, 6.07) is 5.44. The number of anilines is 1. The molecular weight excluding hydrogens is 250 g/mol. The van der Waals surface area contributed by atoms with Crippen LogP contribution in [-0.4, -0.2) is 15.5 Å². The summed E-state index contributed by atoms with van der Waals surface area (Å²) in [5, 5.41) is 3.48. The smallest absolute Gasteiger partial charge is 0.231 e. The summed E-state index contributed by atoms with van der Waals surface area (Å²) in [6.45, 7) is 1.87. The van der Waals surface area contributed by atoms with Crippen molar-refractivity contribution in [3.05, 3.63) is 47.0 Å². The molecule has 0 unspecified atom stereocenters. The normalized spacial score (nSPS) is 10.4. The summed E-state index contributed by atoms with van der Waals surface area (Å²) in [5.74, 6) is 0.627. The van der Waals surface area contributed by atoms with E-state index < -0.39 is 0 Å². The van der Waals surface area contributed by atoms with Crippen molar-refractivity contribution in [2.45, 2.75) is 13.3 Å². The van der Waals surface area contributed by atoms with E-state index in [1.54, 1.807) is 12.3 Å². The zero-order chi connectivity index (χ0) is 13.1. The zero-order valence-corrected chi connectivity index (χ0v) is 11.0. The number of nitrogens with zero attached hydrogens (tertiary/aromatic N) is 2. The summed E-state index contributed by atoms with van der Waals surface area (Å²) in [4.78, 5) is 16.0. The van der Waals surface area contributed by atoms with Crippen molar-refractivity contribution in [1.29, 1.82) is 0 Å². The molecule has 1 amide bonds. The predicted molar refractivity (Wildman–Crippen MR) is 71.7 cm³/mol. The third-order valence-electron chi connectivity index (χ3n) is 2.78. The fourth-order valence-corrected chi connectivity index (χ4v) is 1.82. The summed E-state index contributed by atoms with van der Waals surface area (Å²) < 4.78 is 1.82. The van der Waals surface area contributed by atoms with Gasteiger partial charge in [-0.2, -0.15) is 0 Å². The molecule has 0 fully saturated rings. The van der Waals surface area contributed by atoms with Crippen molar-refractivity contribution in [2.75, 3.05) is 5.32 Å². The second kappa shape index (κ2) is 5.23. The summed E-state index contributed by atoms with van der Waals surface area (Å²) >= 11 is 6.00. The topological polar surface area (TPSA) is 46.9 Å². The minimum atomic E-state index is -0.102. The number of hydrogen-bond donors (Lipinski definition) is 1. The molecule has 2 aromatic rings. The number of nitrogens with one attached hydrogen (secondary N) is 1. The Balaban J connectivity index is 2.08. The highest BCUT2D eigenvalue weighted by Crippen LogP contribution is 2.22. The highest BCUT2D eigenvalue weighted by Gasteiger charge is 2.09. The molecular formula is C13H14ClN3O. The standard InChI is InChI=1S/C13H14ClN3O/c1-9-10(14)4-3-5-11(9)16-13(18)8-12-15-6-7-17(12)2/h3-7H,8H2,1-2H3,(H,16,18). The summed E-state index contributed by atoms with van der Waals surface area (Å²) in [5.41, 5.74) is 1.61. The average molecular weight is 264 g/mol. The molecule has 0 bridgehead atoms. The largest absolute Gasteiger partial charge is 0.338 e. The monoisotopic (exact) mass is 263 g/mol. The van der Waals surface area contributed by atoms with Crippen molar-refractivity contribution < 1.29 is 4.79 Å². The van der Waals surface area contributed by atoms with Crippen molar-refractivity contribution in [1.82, 2.24) is 9.55 Å². The van der Waals surface area contributed by atoms with E-state index >= 15 is 0 Å². The van der Waals surface area contributed by atoms with E-state index in [4.69, 9.17) is 11.6 Å². The van der Waals surface area contributed by atoms with Crippen LogP contribution in [-0.2, 0) is 18.3 Å². The van der Waals surface area contributed by atoms with Gasteiger partial charge < -0.3 is 9.88 Å². The number of aromatic nitrogens is 2. The Hall–Kier alpha value is -1.81. The maximum atomic E-state index is 11.9. The molecule has 1 N–H and O–H groups in total. The molecule has 94 valence electrons. The van der Waals surface area contributed by atoms with E-state index in [0.29, 0.717) is 5.02 Å². The quantitative estimate of drug-likeness (QED) is 0.925. The summed E-state index contributed by atoms with van der Waals surface area (Å²) in [7, 11) is 1.86. The molecule has 0 atom stereocenters. The van der Waals surface area contributed by atoms with Crippen molar-refractivity contribution in [3.8, 4) is 0 Å². The van der Waals surface area contributed by atoms with Gasteiger partial charge in [-0.1, -0.05) is 17.7 Å². The molecule has 0 saturated carbocycles. The Morgan fingerprint density at radius 2 is 2.28 bits per heavy atom. The molecule has 4 nitrogen and oxygen atoms in total. The lowest BCUT2D eigenvalue weighted by Gasteiger charge is -2.09. The number of benzene rings is 1. The highest BCUT2D eigenvalue weighted by molar-refractivity contribution is 6.31. The Kier molecular flexibility index (Phi) is 3.67. The van der Waals surface area contributed by atoms with Gasteiger partial charge in [0.25, 0.3) is 0 Å². The van der Waals surface area contributed by atoms with Crippen LogP contribution in [0, 0.1) is 6.92 Å². The van der Waals surface area contributed by atoms with Gasteiger partial charge in [0.1, 0.15) is 5.82 Å². The van der Waals surface area contributed by atoms with Crippen molar-refractivity contribution >= 4 is 23.2 Å². The van der Waals surface area contributed by atoms with E-state index in [-0.39, 0.29) is 12.3 Å². The second-order valence-electron chi connectivity index (χ2n) is 4.09. The van der Waals surface area contributed by atoms with Crippen molar-refractivity contribution in [3.63, 3.8) is 0 Å². The van der Waals surface area contributed by atoms with Crippen LogP contribution in [0.15, 0.2) is 30.6 Å². The molecule has 5 heteroatoms. The van der Waals surface area contributed by atoms with Gasteiger partial charge >= 0.3 is 0 Å². The molecule has 18 heavy (non-hydrogen) atoms. The Morgan fingerprint density at radius 1 is 1.50 bits per heavy atom. The van der Waals surface area contributed by atoms with E-state index in [2.05, 4.69) is 10.3 Å². The molecule has 1 heterocycles. The predicted octanol–water partition coefficient (Wildman–Crippen LogP) is 2.56. The zero-order valence-electron chi connectivity index (χ0n) is 10.3. The molecule has 0 aliphatic rings. The Morgan fingerprint density at radius 3 is 2.94 bits per heavy atom. The number of rotatable bonds is 3. The number of amides is 1. The minimum absolute atomic E-state index is 0.102. The maximum absolute atomic E-state index is 11.9. The lowest BCUT2D eigenvalue weighted by Crippen LogP contribution is -2.17. The SMILES string of the molecule is Cc1c(Cl)cccc1NC(=O)Cc1nccn1C. The Bertz CT molecular complexity index is 577. The number of hydrogen-bond acceptors (Lipinski definition) is 2. The third-order valence-corrected chi connectivity index (χ3v) is 3.19. The summed E-state index contributed by atoms with van der Waals surface area (Å²) in [6.07, 6.45) is 3.73. The van der Waals surface area contributed by atoms with Gasteiger partial charge in [-0.25, -0.2) is 4.98 Å². The molecule has 0 saturated heterocycles. The third kappa shape index (κ3) is 2.71. The van der Waals surface area contributed by atoms with E-state index in [9.17, 15) is 4.79 Å². The van der Waals surface area contributed by atoms with Gasteiger partial charge in [0.2, 0.25) is 5.91 Å². The van der Waals surface area contributed by atoms with Crippen LogP contribution in [0.4, 0.5) is 5.69 Å². The molecule has 0 spiro atoms. The second-order valence-corrected chi connectivity index (χ2v) is 4.50. The van der Waals surface area contributed by atoms with Crippen LogP contribution < -0.4 is 5.32 Å². The van der Waals surface area contributed by atoms with E-state index in [1.165, 1.54) is 0 Å². The van der Waals surface area contributed by atoms with Crippen LogP contribution in [0.5, 0.6) is 0 Å². The van der Waals surface area contributed by atoms with Gasteiger partial charge in [-0.15, -0.1) is 0 Å². The van der Waals surface area contributed by atoms with Gasteiger partial charge in [0.05, 0.1) is 6.42 Å². The number of imidazole rings is 1. The van der Waals surface area contributed by atoms with Crippen LogP contribution in [0.1, 0.15) is 11.4 Å². The van der Waals surface area contributed by atoms with Gasteiger partial charge in [-0.05, 0) is 24.6 Å². The van der Waals surface area contributed by atoms with Gasteiger partial charge in [0, 0.05) is 30.2 Å². The number of aryl methyl sites for hydroxylation is 1. The molecule has 1 aromatic heterocycles. The van der Waals surface area contributed by atoms with Crippen LogP contribution in [0.3, 0.4) is 0 Å². The fourth-order valence-electron chi connectivity index (χ4n) is 1.65. The van der Waals surface area contributed by atoms with Crippen LogP contribution in [0.25, 0.3) is 0 Å². The van der Waals surface area contributed by atoms with E-state index in [0.717, 1.165) is 17.1 Å². The van der Waals surface area contributed by atoms with Gasteiger partial charge in [-0.3, -0.25) is 4.79 Å². The molecule has 2 rings (SSSR count). The first kappa shape index (κ1) is 12.6. The molecule has 1 aromatic carbocycles. The van der Waals surface area contributed by atoms with Gasteiger partial charge in [0.15, 0.2) is 0 Å². The first-order valence-electron chi connectivity index (χ1n) is 5.59. The average Bonchev–Trinajstić information content (AvgIpc) is 2.71. The lowest BCUT2D eigenvalue weighted by atomic mass is 10.2. The maximum Gasteiger partial charge on any atom is 0.231 e. The highest BCUT2D eigenvalue weighted by atomic mass is 35.5. The molecule has 0 aliphatic carbocycles. The lowest BCUT2D eigenvalue weighted by molar-refractivity contribution is -0.115. The molecule has 0 aliphatic heterocycles. The van der Waals surface area contributed by atoms with Crippen LogP contribution >= 0.6 is 11.6 Å². The minimum Gasteiger partial charge on any atom is -0.338 e. The first-order valence-corrected chi connectivity index (χ1v) is 5.97. The number of halogens is 1. The van der Waals surface area contributed by atoms with Crippen LogP contribution in [0.2, 0.25) is 5.02 Å². The Labute approximate surface area is 111 Å². The number of carbonyl (C=O) groups is 1. The first-order chi connectivity index (χ1) is 8.58. The number of carbonyl (C=O) groups excluding carboxylic acids is 1. The fraction of sp³-hybridized carbons (Fsp3) is 0.231. The van der Waals surface area contributed by atoms with E-state index in [1.807, 2.05) is 36.9 Å².